The van der Waals surface area contributed by atoms with Crippen molar-refractivity contribution >= 4 is 7.82 Å². The van der Waals surface area contributed by atoms with Crippen LogP contribution < -0.4 is 10.5 Å². The minimum Gasteiger partial charge on any atom is -0.497 e. The molecule has 2 aromatic rings. The average molecular weight is 445 g/mol. The SMILES string of the molecule is COc1ccc(C[C@H]2CCc3cc([C@H]4CC[C@](N)(COP(=O)(O)O)C4)ccc3C2)cc1. The molecule has 4 N–H and O–H groups in total. The Hall–Kier alpha value is -1.69. The van der Waals surface area contributed by atoms with Gasteiger partial charge in [0.05, 0.1) is 13.7 Å². The van der Waals surface area contributed by atoms with E-state index in [1.165, 1.54) is 28.7 Å². The number of methoxy groups -OCH3 is 1. The van der Waals surface area contributed by atoms with Crippen molar-refractivity contribution in [3.05, 3.63) is 64.7 Å². The number of nitrogens with two attached hydrogens (primary N) is 1. The van der Waals surface area contributed by atoms with Gasteiger partial charge in [-0.2, -0.15) is 0 Å². The lowest BCUT2D eigenvalue weighted by Gasteiger charge is -2.27. The van der Waals surface area contributed by atoms with Gasteiger partial charge in [0.1, 0.15) is 5.75 Å². The zero-order valence-electron chi connectivity index (χ0n) is 18.0. The number of ether oxygens (including phenoxy) is 1. The number of fused-ring (bicyclic) bond motifs is 1. The average Bonchev–Trinajstić information content (AvgIpc) is 3.15. The third-order valence-electron chi connectivity index (χ3n) is 6.88. The molecule has 0 aliphatic heterocycles. The summed E-state index contributed by atoms with van der Waals surface area (Å²) in [5.74, 6) is 1.86. The Bertz CT molecular complexity index is 957. The van der Waals surface area contributed by atoms with Gasteiger partial charge in [0, 0.05) is 5.54 Å². The van der Waals surface area contributed by atoms with Crippen molar-refractivity contribution in [2.45, 2.75) is 56.4 Å². The molecule has 2 aromatic carbocycles. The predicted molar refractivity (Wildman–Crippen MR) is 120 cm³/mol. The zero-order chi connectivity index (χ0) is 22.1. The van der Waals surface area contributed by atoms with Gasteiger partial charge in [-0.3, -0.25) is 4.52 Å². The van der Waals surface area contributed by atoms with Crippen molar-refractivity contribution in [2.24, 2.45) is 11.7 Å². The van der Waals surface area contributed by atoms with Gasteiger partial charge in [0.2, 0.25) is 0 Å². The molecule has 1 fully saturated rings. The van der Waals surface area contributed by atoms with E-state index in [1.54, 1.807) is 7.11 Å². The first-order chi connectivity index (χ1) is 14.7. The maximum Gasteiger partial charge on any atom is 0.469 e. The summed E-state index contributed by atoms with van der Waals surface area (Å²) < 4.78 is 21.0. The molecule has 1 saturated carbocycles. The standard InChI is InChI=1S/C24H32NO5P/c1-29-23-8-3-17(4-9-23)12-18-2-5-20-14-21(7-6-19(20)13-18)22-10-11-24(25,15-22)16-30-31(26,27)28/h3-4,6-9,14,18,22H,2,5,10-13,15-16,25H2,1H3,(H2,26,27,28)/t18-,22+,24-/m1/s1. The molecule has 7 heteroatoms. The summed E-state index contributed by atoms with van der Waals surface area (Å²) in [6.07, 6.45) is 6.77. The molecule has 3 atom stereocenters. The first-order valence-electron chi connectivity index (χ1n) is 11.0. The van der Waals surface area contributed by atoms with E-state index in [1.807, 2.05) is 12.1 Å². The largest absolute Gasteiger partial charge is 0.497 e. The van der Waals surface area contributed by atoms with Crippen LogP contribution in [0.3, 0.4) is 0 Å². The van der Waals surface area contributed by atoms with Gasteiger partial charge in [-0.25, -0.2) is 4.57 Å². The van der Waals surface area contributed by atoms with Gasteiger partial charge in [-0.05, 0) is 91.2 Å². The molecule has 0 spiro atoms. The van der Waals surface area contributed by atoms with E-state index in [-0.39, 0.29) is 6.61 Å². The molecule has 0 aromatic heterocycles. The van der Waals surface area contributed by atoms with Gasteiger partial charge in [0.15, 0.2) is 0 Å². The lowest BCUT2D eigenvalue weighted by atomic mass is 9.79. The van der Waals surface area contributed by atoms with Gasteiger partial charge in [-0.15, -0.1) is 0 Å². The van der Waals surface area contributed by atoms with Crippen molar-refractivity contribution in [3.8, 4) is 5.75 Å². The Morgan fingerprint density at radius 1 is 1.13 bits per heavy atom. The fraction of sp³-hybridized carbons (Fsp3) is 0.500. The second-order valence-electron chi connectivity index (χ2n) is 9.26. The molecule has 4 rings (SSSR count). The molecule has 0 bridgehead atoms. The first kappa shape index (κ1) is 22.5. The third kappa shape index (κ3) is 5.76. The van der Waals surface area contributed by atoms with Crippen molar-refractivity contribution < 1.29 is 23.6 Å². The molecule has 168 valence electrons. The lowest BCUT2D eigenvalue weighted by molar-refractivity contribution is 0.153. The number of aryl methyl sites for hydroxylation is 1. The van der Waals surface area contributed by atoms with E-state index in [0.717, 1.165) is 31.4 Å². The number of phosphoric acid groups is 1. The van der Waals surface area contributed by atoms with Crippen molar-refractivity contribution in [1.29, 1.82) is 0 Å². The topological polar surface area (TPSA) is 102 Å². The maximum absolute atomic E-state index is 11.0. The van der Waals surface area contributed by atoms with Crippen molar-refractivity contribution in [1.82, 2.24) is 0 Å². The summed E-state index contributed by atoms with van der Waals surface area (Å²) in [6.45, 7) is -0.105. The second-order valence-corrected chi connectivity index (χ2v) is 10.5. The molecule has 0 saturated heterocycles. The fourth-order valence-electron chi connectivity index (χ4n) is 5.16. The van der Waals surface area contributed by atoms with Crippen LogP contribution in [0.1, 0.15) is 53.9 Å². The quantitative estimate of drug-likeness (QED) is 0.554. The Balaban J connectivity index is 1.37. The summed E-state index contributed by atoms with van der Waals surface area (Å²) >= 11 is 0. The predicted octanol–water partition coefficient (Wildman–Crippen LogP) is 4.12. The van der Waals surface area contributed by atoms with E-state index >= 15 is 0 Å². The van der Waals surface area contributed by atoms with Crippen LogP contribution in [0, 0.1) is 5.92 Å². The molecule has 2 aliphatic carbocycles. The van der Waals surface area contributed by atoms with Crippen molar-refractivity contribution in [3.63, 3.8) is 0 Å². The molecule has 0 amide bonds. The van der Waals surface area contributed by atoms with Gasteiger partial charge in [-0.1, -0.05) is 30.3 Å². The molecule has 0 heterocycles. The number of benzene rings is 2. The van der Waals surface area contributed by atoms with E-state index < -0.39 is 13.4 Å². The summed E-state index contributed by atoms with van der Waals surface area (Å²) in [4.78, 5) is 17.9. The normalized spacial score (nSPS) is 25.9. The van der Waals surface area contributed by atoms with Crippen LogP contribution in [0.15, 0.2) is 42.5 Å². The molecule has 0 unspecified atom stereocenters. The van der Waals surface area contributed by atoms with Crippen LogP contribution in [-0.4, -0.2) is 29.0 Å². The summed E-state index contributed by atoms with van der Waals surface area (Å²) in [5, 5.41) is 0. The van der Waals surface area contributed by atoms with Crippen molar-refractivity contribution in [2.75, 3.05) is 13.7 Å². The van der Waals surface area contributed by atoms with Gasteiger partial charge >= 0.3 is 7.82 Å². The molecular weight excluding hydrogens is 413 g/mol. The first-order valence-corrected chi connectivity index (χ1v) is 12.5. The van der Waals surface area contributed by atoms with E-state index in [2.05, 4.69) is 30.3 Å². The fourth-order valence-corrected chi connectivity index (χ4v) is 5.58. The van der Waals surface area contributed by atoms with Crippen LogP contribution in [-0.2, 0) is 28.4 Å². The van der Waals surface area contributed by atoms with E-state index in [0.29, 0.717) is 24.7 Å². The van der Waals surface area contributed by atoms with Gasteiger partial charge < -0.3 is 20.3 Å². The molecule has 2 aliphatic rings. The Labute approximate surface area is 184 Å². The Morgan fingerprint density at radius 3 is 2.61 bits per heavy atom. The zero-order valence-corrected chi connectivity index (χ0v) is 18.9. The number of hydrogen-bond donors (Lipinski definition) is 3. The number of rotatable bonds is 7. The van der Waals surface area contributed by atoms with Crippen LogP contribution in [0.4, 0.5) is 0 Å². The van der Waals surface area contributed by atoms with Crippen LogP contribution >= 0.6 is 7.82 Å². The summed E-state index contributed by atoms with van der Waals surface area (Å²) in [7, 11) is -2.80. The third-order valence-corrected chi connectivity index (χ3v) is 7.34. The second kappa shape index (κ2) is 9.05. The number of phosphoric ester groups is 1. The van der Waals surface area contributed by atoms with Gasteiger partial charge in [0.25, 0.3) is 0 Å². The molecule has 0 radical (unpaired) electrons. The molecular formula is C24H32NO5P. The smallest absolute Gasteiger partial charge is 0.469 e. The van der Waals surface area contributed by atoms with Crippen LogP contribution in [0.2, 0.25) is 0 Å². The monoisotopic (exact) mass is 445 g/mol. The Kier molecular flexibility index (Phi) is 6.57. The Morgan fingerprint density at radius 2 is 1.90 bits per heavy atom. The minimum atomic E-state index is -4.49. The van der Waals surface area contributed by atoms with E-state index in [9.17, 15) is 4.57 Å². The minimum absolute atomic E-state index is 0.105. The highest BCUT2D eigenvalue weighted by Crippen LogP contribution is 2.44. The highest BCUT2D eigenvalue weighted by atomic mass is 31.2. The van der Waals surface area contributed by atoms with E-state index in [4.69, 9.17) is 24.8 Å². The number of hydrogen-bond acceptors (Lipinski definition) is 4. The highest BCUT2D eigenvalue weighted by Gasteiger charge is 2.38. The maximum atomic E-state index is 11.0. The van der Waals surface area contributed by atoms with Crippen LogP contribution in [0.5, 0.6) is 5.75 Å². The highest BCUT2D eigenvalue weighted by molar-refractivity contribution is 7.46. The van der Waals surface area contributed by atoms with Crippen LogP contribution in [0.25, 0.3) is 0 Å². The lowest BCUT2D eigenvalue weighted by Crippen LogP contribution is -2.41. The summed E-state index contributed by atoms with van der Waals surface area (Å²) in [6, 6.07) is 15.2. The molecule has 6 nitrogen and oxygen atoms in total. The molecule has 31 heavy (non-hydrogen) atoms. The summed E-state index contributed by atoms with van der Waals surface area (Å²) in [5.41, 5.74) is 11.2.